The topological polar surface area (TPSA) is 26.3 Å². The SMILES string of the molecule is CCc1ccccc1-c1c(CC)ccc2[cH-]c(-c3occ4ccccc34)cc12.CCc1ccccc1-c1c(CC)ccc2[cH-]c(-c3occ4ccccc34)cc12.C[Si](C)=[Zr]([Cl])[Cl]. The van der Waals surface area contributed by atoms with E-state index in [2.05, 4.69) is 186 Å². The third-order valence-corrected chi connectivity index (χ3v) is 31.7. The van der Waals surface area contributed by atoms with E-state index in [-0.39, 0.29) is 5.43 Å². The number of hydrogen-bond acceptors (Lipinski definition) is 2. The molecule has 0 aliphatic carbocycles. The van der Waals surface area contributed by atoms with Gasteiger partial charge in [0.05, 0.1) is 24.0 Å². The van der Waals surface area contributed by atoms with Gasteiger partial charge in [-0.05, 0) is 69.8 Å². The summed E-state index contributed by atoms with van der Waals surface area (Å²) in [6.45, 7) is 13.3. The first kappa shape index (κ1) is 43.9. The number of halogens is 2. The van der Waals surface area contributed by atoms with E-state index < -0.39 is 18.0 Å². The van der Waals surface area contributed by atoms with E-state index in [1.807, 2.05) is 12.5 Å². The van der Waals surface area contributed by atoms with E-state index in [1.165, 1.54) is 76.8 Å². The number of benzene rings is 6. The quantitative estimate of drug-likeness (QED) is 0.112. The fourth-order valence-electron chi connectivity index (χ4n) is 8.72. The van der Waals surface area contributed by atoms with Crippen molar-refractivity contribution in [3.63, 3.8) is 0 Å². The molecule has 0 radical (unpaired) electrons. The number of fused-ring (bicyclic) bond motifs is 4. The van der Waals surface area contributed by atoms with Gasteiger partial charge in [-0.15, -0.1) is 57.9 Å². The fraction of sp³-hybridized carbons (Fsp3) is 0.179. The van der Waals surface area contributed by atoms with Gasteiger partial charge in [0.1, 0.15) is 0 Å². The zero-order valence-electron chi connectivity index (χ0n) is 36.4. The molecule has 8 aromatic carbocycles. The van der Waals surface area contributed by atoms with Gasteiger partial charge in [0.2, 0.25) is 0 Å². The van der Waals surface area contributed by atoms with Gasteiger partial charge in [0, 0.05) is 10.8 Å². The summed E-state index contributed by atoms with van der Waals surface area (Å²) in [6, 6.07) is 52.5. The van der Waals surface area contributed by atoms with Crippen molar-refractivity contribution in [3.8, 4) is 44.9 Å². The van der Waals surface area contributed by atoms with E-state index in [0.717, 1.165) is 59.1 Å². The Balaban J connectivity index is 0.000000151. The summed E-state index contributed by atoms with van der Waals surface area (Å²) in [5.41, 5.74) is 13.1. The van der Waals surface area contributed by atoms with Gasteiger partial charge in [-0.25, -0.2) is 0 Å². The summed E-state index contributed by atoms with van der Waals surface area (Å²) in [4.78, 5) is 0. The average molecular weight is 947 g/mol. The molecule has 0 aliphatic rings. The molecule has 0 fully saturated rings. The number of furan rings is 2. The first-order chi connectivity index (χ1) is 30.2. The van der Waals surface area contributed by atoms with Gasteiger partial charge >= 0.3 is 53.5 Å². The number of aryl methyl sites for hydroxylation is 4. The zero-order valence-corrected chi connectivity index (χ0v) is 41.4. The van der Waals surface area contributed by atoms with Crippen LogP contribution in [0.15, 0.2) is 167 Å². The molecule has 0 unspecified atom stereocenters. The molecule has 0 saturated heterocycles. The summed E-state index contributed by atoms with van der Waals surface area (Å²) in [6.07, 6.45) is 7.82. The zero-order chi connectivity index (χ0) is 43.3. The average Bonchev–Trinajstić information content (AvgIpc) is 4.13. The van der Waals surface area contributed by atoms with Crippen molar-refractivity contribution in [2.24, 2.45) is 0 Å². The maximum absolute atomic E-state index is 5.98. The minimum absolute atomic E-state index is 0.224. The predicted octanol–water partition coefficient (Wildman–Crippen LogP) is 17.7. The molecule has 10 rings (SSSR count). The normalized spacial score (nSPS) is 11.2. The number of rotatable bonds is 8. The van der Waals surface area contributed by atoms with Crippen LogP contribution in [-0.2, 0) is 43.7 Å². The van der Waals surface area contributed by atoms with Crippen LogP contribution in [-0.4, -0.2) is 5.43 Å². The van der Waals surface area contributed by atoms with Gasteiger partial charge in [-0.3, -0.25) is 0 Å². The van der Waals surface area contributed by atoms with Gasteiger partial charge in [0.15, 0.2) is 0 Å². The standard InChI is InChI=1S/2C27H23O.C2H6Si.2ClH.Zr/c2*1-3-18-9-5-7-11-23(18)26-19(4-2)13-14-20-15-22(16-25(20)26)27-24-12-8-6-10-21(24)17-28-27;1-3-2;;;/h2*5-17H,3-4H2,1-2H3;1-2H3;2*1H;/q2*-1;;;;+2/p-2. The second kappa shape index (κ2) is 19.8. The first-order valence-corrected chi connectivity index (χ1v) is 34.3. The van der Waals surface area contributed by atoms with Crippen LogP contribution in [0.25, 0.3) is 88.0 Å². The predicted molar refractivity (Wildman–Crippen MR) is 267 cm³/mol. The summed E-state index contributed by atoms with van der Waals surface area (Å²) < 4.78 is 12.0. The molecule has 0 spiro atoms. The Morgan fingerprint density at radius 1 is 0.468 bits per heavy atom. The van der Waals surface area contributed by atoms with Crippen molar-refractivity contribution < 1.29 is 26.8 Å². The van der Waals surface area contributed by atoms with Crippen molar-refractivity contribution in [1.82, 2.24) is 0 Å². The van der Waals surface area contributed by atoms with E-state index >= 15 is 0 Å². The monoisotopic (exact) mass is 944 g/mol. The maximum atomic E-state index is 5.98. The van der Waals surface area contributed by atoms with Crippen LogP contribution < -0.4 is 0 Å². The van der Waals surface area contributed by atoms with Crippen molar-refractivity contribution >= 4 is 65.5 Å². The third-order valence-electron chi connectivity index (χ3n) is 12.0. The van der Waals surface area contributed by atoms with Crippen LogP contribution >= 0.6 is 17.0 Å². The molecule has 312 valence electrons. The molecule has 0 aliphatic heterocycles. The van der Waals surface area contributed by atoms with Crippen LogP contribution in [0.3, 0.4) is 0 Å². The van der Waals surface area contributed by atoms with Crippen LogP contribution in [0.5, 0.6) is 0 Å². The Kier molecular flexibility index (Phi) is 14.0. The summed E-state index contributed by atoms with van der Waals surface area (Å²) >= 11 is -1.65. The molecular weight excluding hydrogens is 895 g/mol. The van der Waals surface area contributed by atoms with Gasteiger partial charge in [0.25, 0.3) is 0 Å². The summed E-state index contributed by atoms with van der Waals surface area (Å²) in [5.74, 6) is 1.92. The van der Waals surface area contributed by atoms with E-state index in [0.29, 0.717) is 0 Å². The van der Waals surface area contributed by atoms with Crippen LogP contribution in [0.2, 0.25) is 13.1 Å². The molecule has 2 nitrogen and oxygen atoms in total. The molecule has 6 heteroatoms. The molecule has 0 amide bonds. The minimum atomic E-state index is -1.65. The summed E-state index contributed by atoms with van der Waals surface area (Å²) in [7, 11) is 11.2. The second-order valence-corrected chi connectivity index (χ2v) is 39.0. The molecule has 2 heterocycles. The Labute approximate surface area is 381 Å². The third kappa shape index (κ3) is 8.91. The Bertz CT molecular complexity index is 2970. The van der Waals surface area contributed by atoms with Crippen molar-refractivity contribution in [2.45, 2.75) is 66.5 Å². The molecule has 0 saturated carbocycles. The van der Waals surface area contributed by atoms with Crippen LogP contribution in [0.4, 0.5) is 0 Å². The Morgan fingerprint density at radius 3 is 1.23 bits per heavy atom. The fourth-order valence-corrected chi connectivity index (χ4v) is 8.72. The van der Waals surface area contributed by atoms with E-state index in [4.69, 9.17) is 25.9 Å². The molecule has 0 bridgehead atoms. The van der Waals surface area contributed by atoms with Crippen molar-refractivity contribution in [2.75, 3.05) is 0 Å². The second-order valence-electron chi connectivity index (χ2n) is 16.0. The Morgan fingerprint density at radius 2 is 0.839 bits per heavy atom. The van der Waals surface area contributed by atoms with Crippen molar-refractivity contribution in [1.29, 1.82) is 0 Å². The molecule has 0 N–H and O–H groups in total. The molecule has 0 atom stereocenters. The van der Waals surface area contributed by atoms with Crippen molar-refractivity contribution in [3.05, 3.63) is 180 Å². The van der Waals surface area contributed by atoms with Gasteiger partial charge < -0.3 is 8.83 Å². The summed E-state index contributed by atoms with van der Waals surface area (Å²) in [5, 5.41) is 9.81. The molecule has 10 aromatic rings. The molecule has 2 aromatic heterocycles. The van der Waals surface area contributed by atoms with Crippen LogP contribution in [0.1, 0.15) is 49.9 Å². The van der Waals surface area contributed by atoms with Crippen LogP contribution in [0, 0.1) is 0 Å². The first-order valence-electron chi connectivity index (χ1n) is 21.8. The van der Waals surface area contributed by atoms with E-state index in [1.54, 1.807) is 0 Å². The number of hydrogen-bond donors (Lipinski definition) is 0. The van der Waals surface area contributed by atoms with Gasteiger partial charge in [-0.1, -0.05) is 159 Å². The Hall–Kier alpha value is -4.70. The van der Waals surface area contributed by atoms with Gasteiger partial charge in [-0.2, -0.15) is 0 Å². The molecule has 62 heavy (non-hydrogen) atoms. The molecular formula is C56H52Cl2O2SiZr-2. The van der Waals surface area contributed by atoms with E-state index in [9.17, 15) is 0 Å².